The molecule has 0 radical (unpaired) electrons. The standard InChI is InChI=1S/C22H14ClN3O7/c1-32-18-8-6-14(26(30)31)10-16(18)19-9-7-15(33-19)11-17-20(27)24-22(29)25(21(17)28)13-4-2-12(23)3-5-13/h2-11H,1H3,(H,24,27,29)/b17-11+. The van der Waals surface area contributed by atoms with E-state index in [-0.39, 0.29) is 28.5 Å². The van der Waals surface area contributed by atoms with Crippen LogP contribution < -0.4 is 15.0 Å². The number of nitro groups is 1. The van der Waals surface area contributed by atoms with Crippen molar-refractivity contribution >= 4 is 46.9 Å². The number of hydrogen-bond acceptors (Lipinski definition) is 7. The van der Waals surface area contributed by atoms with Crippen LogP contribution in [0.3, 0.4) is 0 Å². The van der Waals surface area contributed by atoms with Gasteiger partial charge in [0.15, 0.2) is 0 Å². The zero-order valence-corrected chi connectivity index (χ0v) is 17.7. The van der Waals surface area contributed by atoms with Crippen molar-refractivity contribution in [3.63, 3.8) is 0 Å². The lowest BCUT2D eigenvalue weighted by Gasteiger charge is -2.26. The molecular weight excluding hydrogens is 454 g/mol. The number of barbiturate groups is 1. The molecule has 0 unspecified atom stereocenters. The molecule has 1 aliphatic rings. The highest BCUT2D eigenvalue weighted by atomic mass is 35.5. The number of hydrogen-bond donors (Lipinski definition) is 1. The number of rotatable bonds is 5. The molecule has 4 amide bonds. The number of imide groups is 2. The van der Waals surface area contributed by atoms with Crippen molar-refractivity contribution in [2.75, 3.05) is 12.0 Å². The number of methoxy groups -OCH3 is 1. The van der Waals surface area contributed by atoms with Crippen molar-refractivity contribution in [1.29, 1.82) is 0 Å². The predicted molar refractivity (Wildman–Crippen MR) is 118 cm³/mol. The number of furan rings is 1. The Kier molecular flexibility index (Phi) is 5.67. The summed E-state index contributed by atoms with van der Waals surface area (Å²) < 4.78 is 10.9. The van der Waals surface area contributed by atoms with Crippen LogP contribution in [0.4, 0.5) is 16.2 Å². The molecule has 1 aromatic heterocycles. The second-order valence-corrected chi connectivity index (χ2v) is 7.21. The molecule has 0 bridgehead atoms. The zero-order chi connectivity index (χ0) is 23.7. The molecule has 2 aromatic carbocycles. The van der Waals surface area contributed by atoms with Crippen LogP contribution >= 0.6 is 11.6 Å². The molecule has 1 aliphatic heterocycles. The van der Waals surface area contributed by atoms with E-state index in [2.05, 4.69) is 5.32 Å². The number of benzene rings is 2. The van der Waals surface area contributed by atoms with E-state index < -0.39 is 22.8 Å². The number of nitrogens with zero attached hydrogens (tertiary/aromatic N) is 2. The summed E-state index contributed by atoms with van der Waals surface area (Å²) in [7, 11) is 1.41. The molecule has 166 valence electrons. The maximum Gasteiger partial charge on any atom is 0.335 e. The Balaban J connectivity index is 1.70. The predicted octanol–water partition coefficient (Wildman–Crippen LogP) is 4.18. The Hall–Kier alpha value is -4.44. The average molecular weight is 468 g/mol. The van der Waals surface area contributed by atoms with Crippen molar-refractivity contribution in [2.24, 2.45) is 0 Å². The number of urea groups is 1. The van der Waals surface area contributed by atoms with Crippen LogP contribution in [-0.4, -0.2) is 29.9 Å². The maximum absolute atomic E-state index is 12.9. The number of halogens is 1. The molecule has 0 atom stereocenters. The van der Waals surface area contributed by atoms with Crippen molar-refractivity contribution in [1.82, 2.24) is 5.32 Å². The summed E-state index contributed by atoms with van der Waals surface area (Å²) in [4.78, 5) is 48.9. The normalized spacial score (nSPS) is 15.0. The van der Waals surface area contributed by atoms with Crippen molar-refractivity contribution in [3.05, 3.63) is 81.1 Å². The molecular formula is C22H14ClN3O7. The van der Waals surface area contributed by atoms with E-state index in [1.807, 2.05) is 0 Å². The van der Waals surface area contributed by atoms with Gasteiger partial charge in [-0.05, 0) is 48.5 Å². The number of carbonyl (C=O) groups is 3. The molecule has 0 saturated carbocycles. The van der Waals surface area contributed by atoms with Gasteiger partial charge in [0, 0.05) is 17.2 Å². The fourth-order valence-electron chi connectivity index (χ4n) is 3.20. The lowest BCUT2D eigenvalue weighted by atomic mass is 10.1. The molecule has 1 fully saturated rings. The van der Waals surface area contributed by atoms with Gasteiger partial charge in [0.1, 0.15) is 22.8 Å². The van der Waals surface area contributed by atoms with Crippen molar-refractivity contribution in [2.45, 2.75) is 0 Å². The van der Waals surface area contributed by atoms with E-state index in [4.69, 9.17) is 20.8 Å². The van der Waals surface area contributed by atoms with Crippen LogP contribution in [0, 0.1) is 10.1 Å². The highest BCUT2D eigenvalue weighted by molar-refractivity contribution is 6.39. The Morgan fingerprint density at radius 3 is 2.48 bits per heavy atom. The van der Waals surface area contributed by atoms with Crippen molar-refractivity contribution in [3.8, 4) is 17.1 Å². The highest BCUT2D eigenvalue weighted by Gasteiger charge is 2.37. The minimum absolute atomic E-state index is 0.113. The van der Waals surface area contributed by atoms with Crippen molar-refractivity contribution < 1.29 is 28.5 Å². The van der Waals surface area contributed by atoms with E-state index >= 15 is 0 Å². The van der Waals surface area contributed by atoms with Crippen LogP contribution in [0.25, 0.3) is 17.4 Å². The SMILES string of the molecule is COc1ccc([N+](=O)[O-])cc1-c1ccc(/C=C2\C(=O)NC(=O)N(c3ccc(Cl)cc3)C2=O)o1. The van der Waals surface area contributed by atoms with E-state index in [0.29, 0.717) is 16.3 Å². The van der Waals surface area contributed by atoms with Crippen LogP contribution in [0.1, 0.15) is 5.76 Å². The number of amides is 4. The molecule has 4 rings (SSSR count). The van der Waals surface area contributed by atoms with Gasteiger partial charge in [-0.15, -0.1) is 0 Å². The molecule has 1 saturated heterocycles. The molecule has 11 heteroatoms. The van der Waals surface area contributed by atoms with E-state index in [1.54, 1.807) is 0 Å². The smallest absolute Gasteiger partial charge is 0.335 e. The van der Waals surface area contributed by atoms with E-state index in [9.17, 15) is 24.5 Å². The summed E-state index contributed by atoms with van der Waals surface area (Å²) in [6.45, 7) is 0. The monoisotopic (exact) mass is 467 g/mol. The lowest BCUT2D eigenvalue weighted by Crippen LogP contribution is -2.54. The minimum Gasteiger partial charge on any atom is -0.496 e. The van der Waals surface area contributed by atoms with Gasteiger partial charge in [-0.25, -0.2) is 9.69 Å². The lowest BCUT2D eigenvalue weighted by molar-refractivity contribution is -0.384. The highest BCUT2D eigenvalue weighted by Crippen LogP contribution is 2.35. The van der Waals surface area contributed by atoms with Gasteiger partial charge in [0.05, 0.1) is 23.3 Å². The average Bonchev–Trinajstić information content (AvgIpc) is 3.26. The van der Waals surface area contributed by atoms with Gasteiger partial charge in [-0.3, -0.25) is 25.0 Å². The first-order valence-corrected chi connectivity index (χ1v) is 9.76. The van der Waals surface area contributed by atoms with E-state index in [0.717, 1.165) is 4.90 Å². The number of nitrogens with one attached hydrogen (secondary N) is 1. The largest absolute Gasteiger partial charge is 0.496 e. The Labute approximate surface area is 191 Å². The summed E-state index contributed by atoms with van der Waals surface area (Å²) in [5, 5.41) is 13.6. The fraction of sp³-hybridized carbons (Fsp3) is 0.0455. The molecule has 3 aromatic rings. The quantitative estimate of drug-likeness (QED) is 0.257. The first-order chi connectivity index (χ1) is 15.8. The second kappa shape index (κ2) is 8.60. The van der Waals surface area contributed by atoms with Crippen LogP contribution in [0.5, 0.6) is 5.75 Å². The number of ether oxygens (including phenoxy) is 1. The number of nitro benzene ring substituents is 1. The Morgan fingerprint density at radius 2 is 1.82 bits per heavy atom. The first-order valence-electron chi connectivity index (χ1n) is 9.38. The maximum atomic E-state index is 12.9. The molecule has 0 spiro atoms. The summed E-state index contributed by atoms with van der Waals surface area (Å²) in [5.74, 6) is -1.07. The summed E-state index contributed by atoms with van der Waals surface area (Å²) in [6.07, 6.45) is 1.18. The second-order valence-electron chi connectivity index (χ2n) is 6.78. The molecule has 33 heavy (non-hydrogen) atoms. The van der Waals surface area contributed by atoms with Crippen LogP contribution in [0.15, 0.2) is 64.6 Å². The van der Waals surface area contributed by atoms with Gasteiger partial charge < -0.3 is 9.15 Å². The van der Waals surface area contributed by atoms with Gasteiger partial charge in [0.2, 0.25) is 0 Å². The third kappa shape index (κ3) is 4.19. The number of non-ortho nitro benzene ring substituents is 1. The van der Waals surface area contributed by atoms with Crippen LogP contribution in [0.2, 0.25) is 5.02 Å². The number of carbonyl (C=O) groups excluding carboxylic acids is 3. The van der Waals surface area contributed by atoms with E-state index in [1.165, 1.54) is 67.8 Å². The van der Waals surface area contributed by atoms with Gasteiger partial charge in [0.25, 0.3) is 17.5 Å². The third-order valence-corrected chi connectivity index (χ3v) is 5.01. The Bertz CT molecular complexity index is 1330. The summed E-state index contributed by atoms with van der Waals surface area (Å²) >= 11 is 5.86. The number of anilines is 1. The van der Waals surface area contributed by atoms with Gasteiger partial charge in [-0.2, -0.15) is 0 Å². The minimum atomic E-state index is -0.897. The summed E-state index contributed by atoms with van der Waals surface area (Å²) in [5.41, 5.74) is 0.0352. The molecule has 1 N–H and O–H groups in total. The van der Waals surface area contributed by atoms with Gasteiger partial charge in [-0.1, -0.05) is 11.6 Å². The molecule has 10 nitrogen and oxygen atoms in total. The summed E-state index contributed by atoms with van der Waals surface area (Å²) in [6, 6.07) is 12.0. The van der Waals surface area contributed by atoms with Gasteiger partial charge >= 0.3 is 6.03 Å². The first kappa shape index (κ1) is 21.8. The van der Waals surface area contributed by atoms with Crippen LogP contribution in [-0.2, 0) is 9.59 Å². The zero-order valence-electron chi connectivity index (χ0n) is 16.9. The fourth-order valence-corrected chi connectivity index (χ4v) is 3.33. The molecule has 0 aliphatic carbocycles. The third-order valence-electron chi connectivity index (χ3n) is 4.76. The molecule has 2 heterocycles. The Morgan fingerprint density at radius 1 is 1.09 bits per heavy atom. The topological polar surface area (TPSA) is 132 Å².